The molecule has 0 heterocycles. The van der Waals surface area contributed by atoms with Crippen molar-refractivity contribution in [3.8, 4) is 0 Å². The molecule has 1 aromatic carbocycles. The van der Waals surface area contributed by atoms with Crippen molar-refractivity contribution in [2.75, 3.05) is 6.54 Å². The molecule has 0 aromatic heterocycles. The lowest BCUT2D eigenvalue weighted by Gasteiger charge is -2.17. The average molecular weight is 292 g/mol. The van der Waals surface area contributed by atoms with Crippen LogP contribution in [0.5, 0.6) is 0 Å². The molecule has 0 saturated heterocycles. The smallest absolute Gasteiger partial charge is 0.349 e. The van der Waals surface area contributed by atoms with E-state index in [1.54, 1.807) is 6.92 Å². The van der Waals surface area contributed by atoms with Gasteiger partial charge in [-0.15, -0.1) is 0 Å². The Kier molecular flexibility index (Phi) is 5.50. The van der Waals surface area contributed by atoms with Crippen LogP contribution in [0.3, 0.4) is 0 Å². The predicted octanol–water partition coefficient (Wildman–Crippen LogP) is 2.70. The van der Waals surface area contributed by atoms with Gasteiger partial charge in [-0.2, -0.15) is 13.2 Å². The zero-order valence-electron chi connectivity index (χ0n) is 10.9. The summed E-state index contributed by atoms with van der Waals surface area (Å²) in [6.45, 7) is 2.12. The number of carbonyl (C=O) groups is 1. The van der Waals surface area contributed by atoms with Crippen LogP contribution in [-0.4, -0.2) is 18.5 Å². The van der Waals surface area contributed by atoms with Gasteiger partial charge in [0.2, 0.25) is 0 Å². The van der Waals surface area contributed by atoms with E-state index in [2.05, 4.69) is 5.32 Å². The number of benzene rings is 1. The number of halogens is 4. The lowest BCUT2D eigenvalue weighted by Crippen LogP contribution is -2.36. The molecule has 20 heavy (non-hydrogen) atoms. The van der Waals surface area contributed by atoms with Crippen molar-refractivity contribution in [1.82, 2.24) is 5.32 Å². The van der Waals surface area contributed by atoms with E-state index in [-0.39, 0.29) is 6.04 Å². The summed E-state index contributed by atoms with van der Waals surface area (Å²) in [6.07, 6.45) is -3.80. The van der Waals surface area contributed by atoms with Crippen LogP contribution in [0, 0.1) is 5.82 Å². The van der Waals surface area contributed by atoms with Gasteiger partial charge < -0.3 is 11.1 Å². The maximum Gasteiger partial charge on any atom is 0.419 e. The second kappa shape index (κ2) is 6.69. The first-order valence-electron chi connectivity index (χ1n) is 6.17. The maximum absolute atomic E-state index is 13.8. The Hall–Kier alpha value is -1.63. The summed E-state index contributed by atoms with van der Waals surface area (Å²) in [6, 6.07) is 2.34. The zero-order chi connectivity index (χ0) is 15.3. The second-order valence-corrected chi connectivity index (χ2v) is 4.32. The highest BCUT2D eigenvalue weighted by Crippen LogP contribution is 2.32. The molecule has 0 bridgehead atoms. The molecule has 1 rings (SSSR count). The van der Waals surface area contributed by atoms with Gasteiger partial charge in [0.25, 0.3) is 5.91 Å². The predicted molar refractivity (Wildman–Crippen MR) is 66.6 cm³/mol. The highest BCUT2D eigenvalue weighted by Gasteiger charge is 2.35. The first-order chi connectivity index (χ1) is 9.31. The van der Waals surface area contributed by atoms with Gasteiger partial charge in [-0.05, 0) is 31.5 Å². The van der Waals surface area contributed by atoms with Crippen molar-refractivity contribution in [3.63, 3.8) is 0 Å². The summed E-state index contributed by atoms with van der Waals surface area (Å²) >= 11 is 0. The van der Waals surface area contributed by atoms with Gasteiger partial charge in [0.15, 0.2) is 0 Å². The molecular weight excluding hydrogens is 276 g/mol. The largest absolute Gasteiger partial charge is 0.419 e. The molecule has 3 N–H and O–H groups in total. The number of rotatable bonds is 5. The third-order valence-corrected chi connectivity index (χ3v) is 2.89. The van der Waals surface area contributed by atoms with Crippen molar-refractivity contribution in [2.24, 2.45) is 5.73 Å². The number of nitrogens with two attached hydrogens (primary N) is 1. The Balaban J connectivity index is 3.00. The number of hydrogen-bond donors (Lipinski definition) is 2. The lowest BCUT2D eigenvalue weighted by molar-refractivity contribution is -0.140. The van der Waals surface area contributed by atoms with E-state index >= 15 is 0 Å². The van der Waals surface area contributed by atoms with Crippen molar-refractivity contribution < 1.29 is 22.4 Å². The average Bonchev–Trinajstić information content (AvgIpc) is 2.36. The summed E-state index contributed by atoms with van der Waals surface area (Å²) in [4.78, 5) is 11.8. The summed E-state index contributed by atoms with van der Waals surface area (Å²) in [5.74, 6) is -2.42. The van der Waals surface area contributed by atoms with E-state index in [9.17, 15) is 22.4 Å². The molecule has 0 saturated carbocycles. The third-order valence-electron chi connectivity index (χ3n) is 2.89. The maximum atomic E-state index is 13.8. The minimum atomic E-state index is -4.83. The molecule has 1 aromatic rings. The fraction of sp³-hybridized carbons (Fsp3) is 0.462. The highest BCUT2D eigenvalue weighted by molar-refractivity contribution is 5.94. The van der Waals surface area contributed by atoms with E-state index in [1.165, 1.54) is 0 Å². The Bertz CT molecular complexity index is 474. The van der Waals surface area contributed by atoms with Gasteiger partial charge in [-0.25, -0.2) is 4.39 Å². The van der Waals surface area contributed by atoms with Crippen LogP contribution in [0.1, 0.15) is 35.7 Å². The fourth-order valence-electron chi connectivity index (χ4n) is 1.77. The fourth-order valence-corrected chi connectivity index (χ4v) is 1.77. The minimum absolute atomic E-state index is 0.290. The molecule has 0 aliphatic rings. The van der Waals surface area contributed by atoms with Crippen molar-refractivity contribution in [2.45, 2.75) is 32.0 Å². The molecule has 0 fully saturated rings. The van der Waals surface area contributed by atoms with Crippen LogP contribution in [0.15, 0.2) is 18.2 Å². The summed E-state index contributed by atoms with van der Waals surface area (Å²) < 4.78 is 51.4. The standard InChI is InChI=1S/C13H16F4N2O/c1-2-8(6-7-18)19-12(20)9-4-3-5-10(11(9)14)13(15,16)17/h3-5,8H,2,6-7,18H2,1H3,(H,19,20). The highest BCUT2D eigenvalue weighted by atomic mass is 19.4. The Labute approximate surface area is 114 Å². The number of amides is 1. The number of alkyl halides is 3. The van der Waals surface area contributed by atoms with Crippen LogP contribution in [0.2, 0.25) is 0 Å². The van der Waals surface area contributed by atoms with E-state index in [0.29, 0.717) is 25.5 Å². The zero-order valence-corrected chi connectivity index (χ0v) is 10.9. The molecule has 3 nitrogen and oxygen atoms in total. The van der Waals surface area contributed by atoms with Gasteiger partial charge in [0.05, 0.1) is 11.1 Å². The topological polar surface area (TPSA) is 55.1 Å². The Morgan fingerprint density at radius 2 is 2.05 bits per heavy atom. The quantitative estimate of drug-likeness (QED) is 0.820. The third kappa shape index (κ3) is 3.93. The molecular formula is C13H16F4N2O. The van der Waals surface area contributed by atoms with Crippen LogP contribution >= 0.6 is 0 Å². The summed E-state index contributed by atoms with van der Waals surface area (Å²) in [7, 11) is 0. The normalized spacial score (nSPS) is 13.1. The van der Waals surface area contributed by atoms with Gasteiger partial charge in [0, 0.05) is 6.04 Å². The minimum Gasteiger partial charge on any atom is -0.349 e. The number of carbonyl (C=O) groups excluding carboxylic acids is 1. The molecule has 1 amide bonds. The van der Waals surface area contributed by atoms with E-state index in [1.807, 2.05) is 0 Å². The van der Waals surface area contributed by atoms with Crippen LogP contribution in [-0.2, 0) is 6.18 Å². The van der Waals surface area contributed by atoms with Crippen LogP contribution in [0.4, 0.5) is 17.6 Å². The number of nitrogens with one attached hydrogen (secondary N) is 1. The first-order valence-corrected chi connectivity index (χ1v) is 6.17. The first kappa shape index (κ1) is 16.4. The summed E-state index contributed by atoms with van der Waals surface area (Å²) in [5.41, 5.74) is 3.29. The van der Waals surface area contributed by atoms with Gasteiger partial charge in [0.1, 0.15) is 5.82 Å². The monoisotopic (exact) mass is 292 g/mol. The van der Waals surface area contributed by atoms with Crippen LogP contribution < -0.4 is 11.1 Å². The second-order valence-electron chi connectivity index (χ2n) is 4.32. The Morgan fingerprint density at radius 3 is 2.55 bits per heavy atom. The SMILES string of the molecule is CCC(CCN)NC(=O)c1cccc(C(F)(F)F)c1F. The van der Waals surface area contributed by atoms with Crippen LogP contribution in [0.25, 0.3) is 0 Å². The van der Waals surface area contributed by atoms with E-state index in [0.717, 1.165) is 12.1 Å². The molecule has 1 unspecified atom stereocenters. The van der Waals surface area contributed by atoms with Gasteiger partial charge in [-0.1, -0.05) is 13.0 Å². The molecule has 0 aliphatic carbocycles. The molecule has 7 heteroatoms. The van der Waals surface area contributed by atoms with Crippen molar-refractivity contribution in [1.29, 1.82) is 0 Å². The molecule has 0 radical (unpaired) electrons. The molecule has 0 aliphatic heterocycles. The van der Waals surface area contributed by atoms with E-state index in [4.69, 9.17) is 5.73 Å². The Morgan fingerprint density at radius 1 is 1.40 bits per heavy atom. The summed E-state index contributed by atoms with van der Waals surface area (Å²) in [5, 5.41) is 2.48. The molecule has 1 atom stereocenters. The molecule has 112 valence electrons. The van der Waals surface area contributed by atoms with Gasteiger partial charge >= 0.3 is 6.18 Å². The van der Waals surface area contributed by atoms with Crippen molar-refractivity contribution in [3.05, 3.63) is 35.1 Å². The lowest BCUT2D eigenvalue weighted by atomic mass is 10.1. The van der Waals surface area contributed by atoms with Crippen molar-refractivity contribution >= 4 is 5.91 Å². The molecule has 0 spiro atoms. The van der Waals surface area contributed by atoms with Gasteiger partial charge in [-0.3, -0.25) is 4.79 Å². The van der Waals surface area contributed by atoms with E-state index < -0.39 is 29.0 Å². The number of hydrogen-bond acceptors (Lipinski definition) is 2.